The van der Waals surface area contributed by atoms with Gasteiger partial charge >= 0.3 is 0 Å². The number of fused-ring (bicyclic) bond motifs is 8. The summed E-state index contributed by atoms with van der Waals surface area (Å²) in [4.78, 5) is 0. The van der Waals surface area contributed by atoms with Crippen LogP contribution in [0.5, 0.6) is 0 Å². The lowest BCUT2D eigenvalue weighted by Gasteiger charge is -2.04. The van der Waals surface area contributed by atoms with E-state index in [1.54, 1.807) is 0 Å². The van der Waals surface area contributed by atoms with Crippen LogP contribution in [0.4, 0.5) is 0 Å². The van der Waals surface area contributed by atoms with E-state index in [-0.39, 0.29) is 0 Å². The van der Waals surface area contributed by atoms with Crippen molar-refractivity contribution in [1.29, 1.82) is 0 Å². The third kappa shape index (κ3) is 0.437. The predicted octanol–water partition coefficient (Wildman–Crippen LogP) is 2.38. The molecule has 0 aromatic rings. The van der Waals surface area contributed by atoms with Crippen molar-refractivity contribution in [2.24, 2.45) is 35.5 Å². The summed E-state index contributed by atoms with van der Waals surface area (Å²) in [5, 5.41) is 0. The van der Waals surface area contributed by atoms with Gasteiger partial charge in [-0.15, -0.1) is 0 Å². The monoisotopic (exact) mass is 156 g/mol. The van der Waals surface area contributed by atoms with Gasteiger partial charge in [-0.2, -0.15) is 0 Å². The summed E-state index contributed by atoms with van der Waals surface area (Å²) in [6.45, 7) is 0. The predicted molar refractivity (Wildman–Crippen MR) is 46.3 cm³/mol. The van der Waals surface area contributed by atoms with Gasteiger partial charge in [0.2, 0.25) is 0 Å². The molecule has 0 N–H and O–H groups in total. The van der Waals surface area contributed by atoms with Crippen LogP contribution in [0.1, 0.15) is 12.8 Å². The largest absolute Gasteiger partial charge is 0.0769 e. The van der Waals surface area contributed by atoms with Crippen molar-refractivity contribution in [3.8, 4) is 0 Å². The molecule has 0 amide bonds. The van der Waals surface area contributed by atoms with Crippen LogP contribution in [0.25, 0.3) is 0 Å². The van der Waals surface area contributed by atoms with E-state index in [0.29, 0.717) is 0 Å². The minimum atomic E-state index is 1.01. The molecule has 60 valence electrons. The van der Waals surface area contributed by atoms with Crippen LogP contribution in [0, 0.1) is 35.5 Å². The van der Waals surface area contributed by atoms with E-state index in [0.717, 1.165) is 35.5 Å². The number of allylic oxidation sites excluding steroid dienone is 4. The fraction of sp³-hybridized carbons (Fsp3) is 0.667. The van der Waals surface area contributed by atoms with Crippen molar-refractivity contribution < 1.29 is 0 Å². The fourth-order valence-corrected chi connectivity index (χ4v) is 3.79. The Balaban J connectivity index is 1.62. The second kappa shape index (κ2) is 1.25. The maximum atomic E-state index is 2.58. The molecule has 6 atom stereocenters. The summed E-state index contributed by atoms with van der Waals surface area (Å²) < 4.78 is 0. The molecule has 0 aromatic carbocycles. The molecule has 0 nitrogen and oxygen atoms in total. The molecule has 0 saturated heterocycles. The van der Waals surface area contributed by atoms with Crippen molar-refractivity contribution in [1.82, 2.24) is 0 Å². The zero-order valence-electron chi connectivity index (χ0n) is 7.03. The van der Waals surface area contributed by atoms with Gasteiger partial charge < -0.3 is 0 Å². The molecule has 0 heterocycles. The van der Waals surface area contributed by atoms with Crippen LogP contribution in [0.15, 0.2) is 23.3 Å². The van der Waals surface area contributed by atoms with Crippen molar-refractivity contribution in [2.45, 2.75) is 12.8 Å². The standard InChI is InChI=1S/C12H12/c1-5-6(1)8-3-10(8)12-4-11(12)9-2-7(5)9/h1,4-5,7-10,12H,2-3H2. The summed E-state index contributed by atoms with van der Waals surface area (Å²) in [6, 6.07) is 0. The van der Waals surface area contributed by atoms with Crippen molar-refractivity contribution in [2.75, 3.05) is 0 Å². The first-order valence-corrected chi connectivity index (χ1v) is 5.37. The molecule has 3 saturated carbocycles. The topological polar surface area (TPSA) is 0 Å². The van der Waals surface area contributed by atoms with Gasteiger partial charge in [0.25, 0.3) is 0 Å². The molecule has 0 aliphatic heterocycles. The summed E-state index contributed by atoms with van der Waals surface area (Å²) in [5.74, 6) is 6.33. The molecule has 0 heteroatoms. The second-order valence-corrected chi connectivity index (χ2v) is 5.40. The zero-order chi connectivity index (χ0) is 7.45. The van der Waals surface area contributed by atoms with Crippen LogP contribution in [0.2, 0.25) is 0 Å². The van der Waals surface area contributed by atoms with Crippen molar-refractivity contribution in [3.05, 3.63) is 23.3 Å². The Kier molecular flexibility index (Phi) is 0.547. The Morgan fingerprint density at radius 1 is 0.833 bits per heavy atom. The molecule has 0 spiro atoms. The van der Waals surface area contributed by atoms with Gasteiger partial charge in [0, 0.05) is 11.8 Å². The molecule has 12 heavy (non-hydrogen) atoms. The van der Waals surface area contributed by atoms with Crippen LogP contribution < -0.4 is 0 Å². The van der Waals surface area contributed by atoms with Gasteiger partial charge in [0.1, 0.15) is 0 Å². The van der Waals surface area contributed by atoms with Crippen LogP contribution in [-0.2, 0) is 0 Å². The first-order valence-electron chi connectivity index (χ1n) is 5.37. The van der Waals surface area contributed by atoms with Gasteiger partial charge in [0.15, 0.2) is 0 Å². The summed E-state index contributed by atoms with van der Waals surface area (Å²) >= 11 is 0. The first kappa shape index (κ1) is 5.26. The molecular weight excluding hydrogens is 144 g/mol. The maximum absolute atomic E-state index is 2.58. The fourth-order valence-electron chi connectivity index (χ4n) is 3.79. The molecule has 5 aliphatic carbocycles. The average molecular weight is 156 g/mol. The van der Waals surface area contributed by atoms with Crippen LogP contribution >= 0.6 is 0 Å². The van der Waals surface area contributed by atoms with Gasteiger partial charge in [-0.25, -0.2) is 0 Å². The Morgan fingerprint density at radius 3 is 1.83 bits per heavy atom. The lowest BCUT2D eigenvalue weighted by molar-refractivity contribution is 0.596. The number of hydrogen-bond acceptors (Lipinski definition) is 0. The number of rotatable bonds is 0. The maximum Gasteiger partial charge on any atom is 0.00171 e. The third-order valence-electron chi connectivity index (χ3n) is 4.75. The average Bonchev–Trinajstić information content (AvgIpc) is 2.81. The van der Waals surface area contributed by atoms with Crippen molar-refractivity contribution >= 4 is 0 Å². The quantitative estimate of drug-likeness (QED) is 0.373. The minimum absolute atomic E-state index is 1.01. The molecule has 5 aliphatic rings. The van der Waals surface area contributed by atoms with Gasteiger partial charge in [-0.1, -0.05) is 23.3 Å². The van der Waals surface area contributed by atoms with E-state index in [9.17, 15) is 0 Å². The molecule has 0 bridgehead atoms. The highest BCUT2D eigenvalue weighted by molar-refractivity contribution is 5.49. The van der Waals surface area contributed by atoms with Gasteiger partial charge in [-0.3, -0.25) is 0 Å². The highest BCUT2D eigenvalue weighted by Crippen LogP contribution is 2.72. The van der Waals surface area contributed by atoms with E-state index >= 15 is 0 Å². The summed E-state index contributed by atoms with van der Waals surface area (Å²) in [5.41, 5.74) is 3.76. The Morgan fingerprint density at radius 2 is 1.33 bits per heavy atom. The smallest absolute Gasteiger partial charge is 0.00171 e. The third-order valence-corrected chi connectivity index (χ3v) is 4.75. The van der Waals surface area contributed by atoms with Crippen molar-refractivity contribution in [3.63, 3.8) is 0 Å². The van der Waals surface area contributed by atoms with E-state index in [1.807, 2.05) is 11.1 Å². The highest BCUT2D eigenvalue weighted by Gasteiger charge is 2.63. The van der Waals surface area contributed by atoms with Gasteiger partial charge in [-0.05, 0) is 36.5 Å². The SMILES string of the molecule is C1=C2C1C1CC1C1=CC1C1CC21. The molecule has 5 rings (SSSR count). The highest BCUT2D eigenvalue weighted by atomic mass is 14.7. The Labute approximate surface area is 72.3 Å². The van der Waals surface area contributed by atoms with E-state index < -0.39 is 0 Å². The summed E-state index contributed by atoms with van der Waals surface area (Å²) in [6.07, 6.45) is 8.24. The molecule has 3 fully saturated rings. The molecule has 0 aromatic heterocycles. The molecule has 0 radical (unpaired) electrons. The molecular formula is C12H12. The Bertz CT molecular complexity index is 324. The lowest BCUT2D eigenvalue weighted by Crippen LogP contribution is -1.98. The van der Waals surface area contributed by atoms with Crippen LogP contribution in [-0.4, -0.2) is 0 Å². The summed E-state index contributed by atoms with van der Waals surface area (Å²) in [7, 11) is 0. The van der Waals surface area contributed by atoms with E-state index in [2.05, 4.69) is 12.2 Å². The molecule has 6 unspecified atom stereocenters. The Hall–Kier alpha value is -0.520. The van der Waals surface area contributed by atoms with E-state index in [4.69, 9.17) is 0 Å². The van der Waals surface area contributed by atoms with Gasteiger partial charge in [0.05, 0.1) is 0 Å². The first-order chi connectivity index (χ1) is 5.93. The number of hydrogen-bond donors (Lipinski definition) is 0. The second-order valence-electron chi connectivity index (χ2n) is 5.40. The van der Waals surface area contributed by atoms with Crippen LogP contribution in [0.3, 0.4) is 0 Å². The van der Waals surface area contributed by atoms with E-state index in [1.165, 1.54) is 12.8 Å². The normalized spacial score (nSPS) is 66.7. The minimum Gasteiger partial charge on any atom is -0.0769 e. The lowest BCUT2D eigenvalue weighted by atomic mass is 10.00. The zero-order valence-corrected chi connectivity index (χ0v) is 7.03.